The van der Waals surface area contributed by atoms with Gasteiger partial charge in [-0.15, -0.1) is 0 Å². The summed E-state index contributed by atoms with van der Waals surface area (Å²) in [7, 11) is -3.21. The summed E-state index contributed by atoms with van der Waals surface area (Å²) in [4.78, 5) is 0. The van der Waals surface area contributed by atoms with Crippen molar-refractivity contribution < 1.29 is 18.0 Å². The van der Waals surface area contributed by atoms with Crippen LogP contribution in [0.3, 0.4) is 0 Å². The summed E-state index contributed by atoms with van der Waals surface area (Å²) in [5.74, 6) is 1.18. The molecule has 100 valence electrons. The molecule has 0 aliphatic heterocycles. The van der Waals surface area contributed by atoms with Crippen LogP contribution in [0.4, 0.5) is 4.39 Å². The molecule has 0 radical (unpaired) electrons. The lowest BCUT2D eigenvalue weighted by molar-refractivity contribution is 0.229. The summed E-state index contributed by atoms with van der Waals surface area (Å²) < 4.78 is 35.4. The van der Waals surface area contributed by atoms with Gasteiger partial charge in [0, 0.05) is 5.82 Å². The van der Waals surface area contributed by atoms with Crippen LogP contribution < -0.4 is 0 Å². The molecule has 0 fully saturated rings. The maximum absolute atomic E-state index is 12.8. The fourth-order valence-electron chi connectivity index (χ4n) is 1.50. The molecular formula is C13H18FO3P. The minimum Gasteiger partial charge on any atom is -0.306 e. The zero-order valence-corrected chi connectivity index (χ0v) is 11.7. The third-order valence-corrected chi connectivity index (χ3v) is 4.21. The monoisotopic (exact) mass is 272 g/mol. The summed E-state index contributed by atoms with van der Waals surface area (Å²) in [5, 5.41) is 0. The molecule has 0 atom stereocenters. The van der Waals surface area contributed by atoms with Gasteiger partial charge in [0.2, 0.25) is 0 Å². The highest BCUT2D eigenvalue weighted by Crippen LogP contribution is 2.51. The average Bonchev–Trinajstić information content (AvgIpc) is 2.30. The summed E-state index contributed by atoms with van der Waals surface area (Å²) in [6, 6.07) is 5.98. The maximum Gasteiger partial charge on any atom is 0.354 e. The zero-order chi connectivity index (χ0) is 13.6. The molecule has 18 heavy (non-hydrogen) atoms. The molecule has 0 aliphatic carbocycles. The van der Waals surface area contributed by atoms with Crippen molar-refractivity contribution >= 4 is 13.2 Å². The van der Waals surface area contributed by atoms with E-state index in [4.69, 9.17) is 9.05 Å². The average molecular weight is 272 g/mol. The van der Waals surface area contributed by atoms with Gasteiger partial charge in [0.05, 0.1) is 13.2 Å². The van der Waals surface area contributed by atoms with Crippen molar-refractivity contribution in [3.63, 3.8) is 0 Å². The van der Waals surface area contributed by atoms with E-state index in [0.29, 0.717) is 13.2 Å². The van der Waals surface area contributed by atoms with Crippen molar-refractivity contribution in [2.75, 3.05) is 13.2 Å². The van der Waals surface area contributed by atoms with Crippen LogP contribution in [0.1, 0.15) is 26.3 Å². The molecule has 0 bridgehead atoms. The van der Waals surface area contributed by atoms with E-state index in [9.17, 15) is 8.96 Å². The van der Waals surface area contributed by atoms with E-state index in [0.717, 1.165) is 11.1 Å². The van der Waals surface area contributed by atoms with E-state index in [1.54, 1.807) is 32.9 Å². The standard InChI is InChI=1S/C13H18FO3P/c1-4-16-18(15,17-5-2)10-11(3)12-6-8-13(14)9-7-12/h6-10H,4-5H2,1-3H3/b11-10+. The number of halogens is 1. The molecule has 0 saturated heterocycles. The molecule has 1 rings (SSSR count). The Hall–Kier alpha value is -0.960. The number of hydrogen-bond donors (Lipinski definition) is 0. The molecule has 0 unspecified atom stereocenters. The normalized spacial score (nSPS) is 12.8. The van der Waals surface area contributed by atoms with Crippen LogP contribution in [0.25, 0.3) is 5.57 Å². The Bertz CT molecular complexity index is 444. The second-order valence-electron chi connectivity index (χ2n) is 3.69. The largest absolute Gasteiger partial charge is 0.354 e. The fourth-order valence-corrected chi connectivity index (χ4v) is 3.06. The summed E-state index contributed by atoms with van der Waals surface area (Å²) >= 11 is 0. The first kappa shape index (κ1) is 15.1. The summed E-state index contributed by atoms with van der Waals surface area (Å²) in [6.45, 7) is 5.92. The molecular weight excluding hydrogens is 254 g/mol. The van der Waals surface area contributed by atoms with Gasteiger partial charge in [0.1, 0.15) is 5.82 Å². The lowest BCUT2D eigenvalue weighted by Crippen LogP contribution is -1.94. The van der Waals surface area contributed by atoms with Crippen LogP contribution in [0.15, 0.2) is 30.1 Å². The maximum atomic E-state index is 12.8. The molecule has 0 aliphatic rings. The molecule has 0 amide bonds. The predicted molar refractivity (Wildman–Crippen MR) is 70.9 cm³/mol. The number of hydrogen-bond acceptors (Lipinski definition) is 3. The number of rotatable bonds is 6. The Morgan fingerprint density at radius 2 is 1.72 bits per heavy atom. The topological polar surface area (TPSA) is 35.5 Å². The van der Waals surface area contributed by atoms with Gasteiger partial charge in [0.25, 0.3) is 0 Å². The SMILES string of the molecule is CCOP(=O)(/C=C(\C)c1ccc(F)cc1)OCC. The van der Waals surface area contributed by atoms with Crippen LogP contribution >= 0.6 is 7.60 Å². The molecule has 3 nitrogen and oxygen atoms in total. The Morgan fingerprint density at radius 3 is 2.17 bits per heavy atom. The first-order valence-electron chi connectivity index (χ1n) is 5.85. The first-order valence-corrected chi connectivity index (χ1v) is 7.46. The van der Waals surface area contributed by atoms with E-state index in [2.05, 4.69) is 0 Å². The van der Waals surface area contributed by atoms with E-state index >= 15 is 0 Å². The van der Waals surface area contributed by atoms with Crippen LogP contribution in [0, 0.1) is 5.82 Å². The van der Waals surface area contributed by atoms with E-state index in [-0.39, 0.29) is 5.82 Å². The second kappa shape index (κ2) is 6.83. The number of benzene rings is 1. The Balaban J connectivity index is 2.98. The van der Waals surface area contributed by atoms with Gasteiger partial charge in [-0.1, -0.05) is 12.1 Å². The van der Waals surface area contributed by atoms with Crippen molar-refractivity contribution in [3.8, 4) is 0 Å². The zero-order valence-electron chi connectivity index (χ0n) is 10.9. The minimum atomic E-state index is -3.21. The molecule has 0 saturated carbocycles. The summed E-state index contributed by atoms with van der Waals surface area (Å²) in [5.41, 5.74) is 1.52. The smallest absolute Gasteiger partial charge is 0.306 e. The van der Waals surface area contributed by atoms with Crippen molar-refractivity contribution in [1.82, 2.24) is 0 Å². The van der Waals surface area contributed by atoms with Gasteiger partial charge >= 0.3 is 7.60 Å². The Labute approximate surface area is 107 Å². The van der Waals surface area contributed by atoms with Crippen molar-refractivity contribution in [2.45, 2.75) is 20.8 Å². The lowest BCUT2D eigenvalue weighted by atomic mass is 10.1. The van der Waals surface area contributed by atoms with Gasteiger partial charge in [-0.05, 0) is 44.0 Å². The van der Waals surface area contributed by atoms with Gasteiger partial charge < -0.3 is 9.05 Å². The van der Waals surface area contributed by atoms with Gasteiger partial charge in [0.15, 0.2) is 0 Å². The van der Waals surface area contributed by atoms with Crippen molar-refractivity contribution in [3.05, 3.63) is 41.5 Å². The lowest BCUT2D eigenvalue weighted by Gasteiger charge is -2.14. The van der Waals surface area contributed by atoms with Gasteiger partial charge in [-0.3, -0.25) is 4.57 Å². The predicted octanol–water partition coefficient (Wildman–Crippen LogP) is 4.45. The Kier molecular flexibility index (Phi) is 5.73. The fraction of sp³-hybridized carbons (Fsp3) is 0.385. The molecule has 1 aromatic carbocycles. The van der Waals surface area contributed by atoms with Gasteiger partial charge in [-0.25, -0.2) is 4.39 Å². The van der Waals surface area contributed by atoms with Crippen LogP contribution in [0.5, 0.6) is 0 Å². The molecule has 5 heteroatoms. The Morgan fingerprint density at radius 1 is 1.22 bits per heavy atom. The molecule has 1 aromatic rings. The first-order chi connectivity index (χ1) is 8.50. The summed E-state index contributed by atoms with van der Waals surface area (Å²) in [6.07, 6.45) is 0. The second-order valence-corrected chi connectivity index (χ2v) is 5.55. The van der Waals surface area contributed by atoms with Crippen molar-refractivity contribution in [1.29, 1.82) is 0 Å². The van der Waals surface area contributed by atoms with Crippen LogP contribution in [0.2, 0.25) is 0 Å². The highest BCUT2D eigenvalue weighted by atomic mass is 31.2. The molecule has 0 heterocycles. The van der Waals surface area contributed by atoms with E-state index in [1.807, 2.05) is 0 Å². The molecule has 0 aromatic heterocycles. The van der Waals surface area contributed by atoms with Gasteiger partial charge in [-0.2, -0.15) is 0 Å². The third kappa shape index (κ3) is 4.37. The van der Waals surface area contributed by atoms with Crippen LogP contribution in [-0.4, -0.2) is 13.2 Å². The van der Waals surface area contributed by atoms with Crippen LogP contribution in [-0.2, 0) is 13.6 Å². The number of allylic oxidation sites excluding steroid dienone is 1. The highest BCUT2D eigenvalue weighted by molar-refractivity contribution is 7.57. The molecule has 0 N–H and O–H groups in total. The molecule has 0 spiro atoms. The minimum absolute atomic E-state index is 0.302. The quantitative estimate of drug-likeness (QED) is 0.717. The van der Waals surface area contributed by atoms with E-state index < -0.39 is 7.60 Å². The third-order valence-electron chi connectivity index (χ3n) is 2.27. The van der Waals surface area contributed by atoms with E-state index in [1.165, 1.54) is 17.9 Å². The highest BCUT2D eigenvalue weighted by Gasteiger charge is 2.20. The van der Waals surface area contributed by atoms with Crippen molar-refractivity contribution in [2.24, 2.45) is 0 Å².